The third-order valence-corrected chi connectivity index (χ3v) is 12.9. The molecule has 1 aliphatic heterocycles. The zero-order valence-corrected chi connectivity index (χ0v) is 27.0. The summed E-state index contributed by atoms with van der Waals surface area (Å²) in [6.07, 6.45) is 8.93. The molecule has 7 heteroatoms. The molecule has 0 aromatic rings. The monoisotopic (exact) mass is 584 g/mol. The predicted molar refractivity (Wildman–Crippen MR) is 158 cm³/mol. The number of hydrogen-bond acceptors (Lipinski definition) is 7. The molecule has 4 aliphatic carbocycles. The highest BCUT2D eigenvalue weighted by Gasteiger charge is 2.70. The summed E-state index contributed by atoms with van der Waals surface area (Å²) in [5.74, 6) is 2.34. The lowest BCUT2D eigenvalue weighted by molar-refractivity contribution is -0.161. The van der Waals surface area contributed by atoms with Crippen LogP contribution in [0.4, 0.5) is 0 Å². The topological polar surface area (TPSA) is 96.0 Å². The van der Waals surface area contributed by atoms with E-state index in [9.17, 15) is 19.2 Å². The van der Waals surface area contributed by atoms with Crippen molar-refractivity contribution in [3.05, 3.63) is 11.3 Å². The van der Waals surface area contributed by atoms with Crippen LogP contribution >= 0.6 is 0 Å². The van der Waals surface area contributed by atoms with Crippen molar-refractivity contribution in [3.8, 4) is 0 Å². The van der Waals surface area contributed by atoms with E-state index in [1.165, 1.54) is 26.7 Å². The van der Waals surface area contributed by atoms with Crippen molar-refractivity contribution in [3.63, 3.8) is 0 Å². The Morgan fingerprint density at radius 3 is 2.19 bits per heavy atom. The van der Waals surface area contributed by atoms with Crippen LogP contribution in [0.15, 0.2) is 11.3 Å². The molecule has 0 spiro atoms. The molecule has 0 aromatic heterocycles. The van der Waals surface area contributed by atoms with Crippen LogP contribution in [0.5, 0.6) is 0 Å². The van der Waals surface area contributed by atoms with Crippen LogP contribution in [0.25, 0.3) is 0 Å². The highest BCUT2D eigenvalue weighted by Crippen LogP contribution is 2.72. The summed E-state index contributed by atoms with van der Waals surface area (Å²) in [6.45, 7) is 15.3. The molecule has 5 aliphatic rings. The van der Waals surface area contributed by atoms with Crippen LogP contribution in [0.3, 0.4) is 0 Å². The van der Waals surface area contributed by atoms with E-state index in [0.717, 1.165) is 38.5 Å². The normalized spacial score (nSPS) is 44.0. The Kier molecular flexibility index (Phi) is 8.24. The molecule has 1 heterocycles. The first-order valence-electron chi connectivity index (χ1n) is 16.4. The second-order valence-corrected chi connectivity index (χ2v) is 15.3. The second-order valence-electron chi connectivity index (χ2n) is 15.3. The van der Waals surface area contributed by atoms with E-state index < -0.39 is 5.41 Å². The number of ketones is 2. The highest BCUT2D eigenvalue weighted by atomic mass is 16.5. The average molecular weight is 585 g/mol. The summed E-state index contributed by atoms with van der Waals surface area (Å²) in [4.78, 5) is 49.7. The van der Waals surface area contributed by atoms with Gasteiger partial charge in [-0.1, -0.05) is 20.8 Å². The lowest BCUT2D eigenvalue weighted by Crippen LogP contribution is -2.55. The molecule has 0 amide bonds. The lowest BCUT2D eigenvalue weighted by atomic mass is 9.43. The molecular weight excluding hydrogens is 532 g/mol. The largest absolute Gasteiger partial charge is 0.493 e. The van der Waals surface area contributed by atoms with Gasteiger partial charge < -0.3 is 14.2 Å². The fraction of sp³-hybridized carbons (Fsp3) is 0.829. The van der Waals surface area contributed by atoms with Gasteiger partial charge in [0, 0.05) is 25.3 Å². The zero-order valence-electron chi connectivity index (χ0n) is 27.0. The number of ether oxygens (including phenoxy) is 3. The van der Waals surface area contributed by atoms with Crippen LogP contribution in [-0.2, 0) is 33.4 Å². The highest BCUT2D eigenvalue weighted by molar-refractivity contribution is 5.96. The number of rotatable bonds is 7. The van der Waals surface area contributed by atoms with Gasteiger partial charge in [0.15, 0.2) is 5.78 Å². The molecule has 234 valence electrons. The molecule has 0 aromatic carbocycles. The lowest BCUT2D eigenvalue weighted by Gasteiger charge is -2.61. The maximum Gasteiger partial charge on any atom is 0.302 e. The van der Waals surface area contributed by atoms with Crippen LogP contribution in [0, 0.1) is 51.8 Å². The van der Waals surface area contributed by atoms with Crippen molar-refractivity contribution in [2.45, 2.75) is 125 Å². The fourth-order valence-electron chi connectivity index (χ4n) is 10.9. The second kappa shape index (κ2) is 11.1. The fourth-order valence-corrected chi connectivity index (χ4v) is 10.9. The number of allylic oxidation sites excluding steroid dienone is 2. The van der Waals surface area contributed by atoms with Crippen LogP contribution in [-0.4, -0.2) is 42.3 Å². The Morgan fingerprint density at radius 1 is 0.881 bits per heavy atom. The molecule has 7 nitrogen and oxygen atoms in total. The number of Topliss-reactive ketones (excluding diaryl/α,β-unsaturated/α-hetero) is 2. The first kappa shape index (κ1) is 31.3. The first-order valence-corrected chi connectivity index (χ1v) is 16.4. The molecule has 0 bridgehead atoms. The number of esters is 2. The molecule has 1 saturated heterocycles. The van der Waals surface area contributed by atoms with Crippen molar-refractivity contribution in [1.29, 1.82) is 0 Å². The summed E-state index contributed by atoms with van der Waals surface area (Å²) in [5.41, 5.74) is -0.0639. The molecule has 42 heavy (non-hydrogen) atoms. The maximum atomic E-state index is 13.7. The number of carbonyl (C=O) groups excluding carboxylic acids is 4. The Morgan fingerprint density at radius 2 is 1.57 bits per heavy atom. The molecule has 0 N–H and O–H groups in total. The van der Waals surface area contributed by atoms with Gasteiger partial charge in [-0.05, 0) is 119 Å². The van der Waals surface area contributed by atoms with Crippen molar-refractivity contribution in [2.75, 3.05) is 6.61 Å². The molecule has 5 rings (SSSR count). The van der Waals surface area contributed by atoms with E-state index in [0.29, 0.717) is 41.4 Å². The van der Waals surface area contributed by atoms with Gasteiger partial charge in [-0.2, -0.15) is 0 Å². The standard InChI is InChI=1S/C35H52O7/c1-19(18-40-22(4)38)15-27(20(2)36)32-35(8,21(3)37)31-30(42-32)17-29-26-10-9-24-16-25(41-23(5)39)11-13-33(24,6)28(26)12-14-34(29,31)7/h19,24-26,28-31H,9-18H2,1-8H3/b32-27+/t19-,24+,25-,26+,28-,29-,30-,31-,33-,34-,35-/m0/s1. The summed E-state index contributed by atoms with van der Waals surface area (Å²) in [6, 6.07) is 0. The first-order chi connectivity index (χ1) is 19.6. The van der Waals surface area contributed by atoms with Gasteiger partial charge in [0.2, 0.25) is 0 Å². The minimum absolute atomic E-state index is 0.0341. The Bertz CT molecular complexity index is 1170. The van der Waals surface area contributed by atoms with E-state index in [1.54, 1.807) is 13.8 Å². The van der Waals surface area contributed by atoms with Gasteiger partial charge in [0.1, 0.15) is 23.8 Å². The number of carbonyl (C=O) groups is 4. The number of fused-ring (bicyclic) bond motifs is 7. The van der Waals surface area contributed by atoms with Gasteiger partial charge >= 0.3 is 11.9 Å². The summed E-state index contributed by atoms with van der Waals surface area (Å²) in [5, 5.41) is 0. The third-order valence-electron chi connectivity index (χ3n) is 12.9. The maximum absolute atomic E-state index is 13.7. The van der Waals surface area contributed by atoms with E-state index in [2.05, 4.69) is 13.8 Å². The van der Waals surface area contributed by atoms with Crippen LogP contribution in [0.1, 0.15) is 113 Å². The zero-order chi connectivity index (χ0) is 30.8. The van der Waals surface area contributed by atoms with Gasteiger partial charge in [-0.15, -0.1) is 0 Å². The van der Waals surface area contributed by atoms with Gasteiger partial charge in [-0.3, -0.25) is 19.2 Å². The molecule has 11 atom stereocenters. The van der Waals surface area contributed by atoms with Crippen molar-refractivity contribution >= 4 is 23.5 Å². The molecular formula is C35H52O7. The quantitative estimate of drug-likeness (QED) is 0.245. The van der Waals surface area contributed by atoms with Crippen LogP contribution < -0.4 is 0 Å². The summed E-state index contributed by atoms with van der Waals surface area (Å²) < 4.78 is 17.7. The smallest absolute Gasteiger partial charge is 0.302 e. The van der Waals surface area contributed by atoms with Crippen molar-refractivity contribution < 1.29 is 33.4 Å². The van der Waals surface area contributed by atoms with Gasteiger partial charge in [0.05, 0.1) is 12.0 Å². The minimum atomic E-state index is -0.855. The van der Waals surface area contributed by atoms with E-state index in [1.807, 2.05) is 13.8 Å². The van der Waals surface area contributed by atoms with Gasteiger partial charge in [0.25, 0.3) is 0 Å². The summed E-state index contributed by atoms with van der Waals surface area (Å²) in [7, 11) is 0. The summed E-state index contributed by atoms with van der Waals surface area (Å²) >= 11 is 0. The van der Waals surface area contributed by atoms with E-state index in [4.69, 9.17) is 14.2 Å². The molecule has 4 saturated carbocycles. The van der Waals surface area contributed by atoms with Crippen LogP contribution in [0.2, 0.25) is 0 Å². The third kappa shape index (κ3) is 4.95. The molecule has 0 unspecified atom stereocenters. The molecule has 5 fully saturated rings. The van der Waals surface area contributed by atoms with Gasteiger partial charge in [-0.25, -0.2) is 0 Å². The van der Waals surface area contributed by atoms with E-state index >= 15 is 0 Å². The average Bonchev–Trinajstić information content (AvgIpc) is 3.37. The Hall–Kier alpha value is -2.18. The SMILES string of the molecule is CC(=O)OC[C@@H](C)C/C(C(C)=O)=C1\O[C@H]2C[C@H]3[C@@H]4CC[C@@H]5C[C@@H](OC(C)=O)CC[C@]5(C)[C@H]4CC[C@]3(C)[C@H]2[C@]1(C)C(C)=O. The Labute approximate surface area is 251 Å². The predicted octanol–water partition coefficient (Wildman–Crippen LogP) is 6.61. The van der Waals surface area contributed by atoms with E-state index in [-0.39, 0.29) is 65.0 Å². The van der Waals surface area contributed by atoms with Crippen molar-refractivity contribution in [2.24, 2.45) is 51.8 Å². The number of hydrogen-bond donors (Lipinski definition) is 0. The molecule has 0 radical (unpaired) electrons. The van der Waals surface area contributed by atoms with Crippen molar-refractivity contribution in [1.82, 2.24) is 0 Å². The minimum Gasteiger partial charge on any atom is -0.493 e. The Balaban J connectivity index is 1.42.